The predicted octanol–water partition coefficient (Wildman–Crippen LogP) is 2.83. The lowest BCUT2D eigenvalue weighted by Crippen LogP contribution is -2.39. The van der Waals surface area contributed by atoms with E-state index in [-0.39, 0.29) is 29.1 Å². The quantitative estimate of drug-likeness (QED) is 0.273. The first kappa shape index (κ1) is 25.5. The number of primary amides is 1. The SMILES string of the molecule is CC(C)[C@@H](Nc1cnc(C(N)=O)c(Nc2ccc(CS(C)(=O)=O)cc2)n1)C(=O)N(I)I. The smallest absolute Gasteiger partial charge is 0.271 e. The molecule has 1 aromatic carbocycles. The van der Waals surface area contributed by atoms with Crippen molar-refractivity contribution in [3.63, 3.8) is 0 Å². The number of hydrogen-bond acceptors (Lipinski definition) is 8. The van der Waals surface area contributed by atoms with Crippen LogP contribution in [0.4, 0.5) is 17.3 Å². The van der Waals surface area contributed by atoms with Crippen LogP contribution in [0.1, 0.15) is 29.9 Å². The Kier molecular flexibility index (Phi) is 8.82. The van der Waals surface area contributed by atoms with Gasteiger partial charge in [0.25, 0.3) is 11.8 Å². The molecule has 0 aliphatic heterocycles. The Hall–Kier alpha value is -1.75. The summed E-state index contributed by atoms with van der Waals surface area (Å²) in [6.45, 7) is 3.80. The van der Waals surface area contributed by atoms with Crippen LogP contribution in [0.25, 0.3) is 0 Å². The van der Waals surface area contributed by atoms with Gasteiger partial charge in [0.2, 0.25) is 0 Å². The summed E-state index contributed by atoms with van der Waals surface area (Å²) in [6, 6.07) is 6.10. The van der Waals surface area contributed by atoms with Crippen LogP contribution in [-0.4, -0.2) is 43.8 Å². The maximum absolute atomic E-state index is 12.4. The summed E-state index contributed by atoms with van der Waals surface area (Å²) in [5.41, 5.74) is 6.54. The third kappa shape index (κ3) is 7.71. The average Bonchev–Trinajstić information content (AvgIpc) is 2.65. The van der Waals surface area contributed by atoms with Gasteiger partial charge >= 0.3 is 0 Å². The Morgan fingerprint density at radius 3 is 2.29 bits per heavy atom. The lowest BCUT2D eigenvalue weighted by Gasteiger charge is -2.23. The van der Waals surface area contributed by atoms with Crippen LogP contribution in [0.15, 0.2) is 30.5 Å². The van der Waals surface area contributed by atoms with Crippen molar-refractivity contribution in [2.75, 3.05) is 16.9 Å². The Bertz CT molecular complexity index is 1060. The molecule has 1 atom stereocenters. The zero-order valence-electron chi connectivity index (χ0n) is 17.0. The lowest BCUT2D eigenvalue weighted by molar-refractivity contribution is -0.123. The predicted molar refractivity (Wildman–Crippen MR) is 136 cm³/mol. The molecule has 4 N–H and O–H groups in total. The van der Waals surface area contributed by atoms with Gasteiger partial charge in [0, 0.05) is 11.9 Å². The number of carbonyl (C=O) groups excluding carboxylic acids is 2. The Labute approximate surface area is 208 Å². The van der Waals surface area contributed by atoms with E-state index < -0.39 is 21.8 Å². The summed E-state index contributed by atoms with van der Waals surface area (Å²) in [6.07, 6.45) is 2.50. The van der Waals surface area contributed by atoms with E-state index in [0.717, 1.165) is 6.26 Å². The van der Waals surface area contributed by atoms with E-state index in [1.807, 2.05) is 59.6 Å². The number of rotatable bonds is 9. The molecular weight excluding hydrogens is 650 g/mol. The molecule has 10 nitrogen and oxygen atoms in total. The molecule has 168 valence electrons. The molecule has 0 unspecified atom stereocenters. The van der Waals surface area contributed by atoms with Gasteiger partial charge in [-0.3, -0.25) is 9.59 Å². The van der Waals surface area contributed by atoms with E-state index in [1.54, 1.807) is 24.3 Å². The first-order valence-corrected chi connectivity index (χ1v) is 13.0. The lowest BCUT2D eigenvalue weighted by atomic mass is 10.0. The van der Waals surface area contributed by atoms with Crippen molar-refractivity contribution in [2.45, 2.75) is 25.6 Å². The van der Waals surface area contributed by atoms with Gasteiger partial charge in [-0.15, -0.1) is 0 Å². The minimum Gasteiger partial charge on any atom is -0.364 e. The number of nitrogens with two attached hydrogens (primary N) is 1. The third-order valence-electron chi connectivity index (χ3n) is 4.05. The summed E-state index contributed by atoms with van der Waals surface area (Å²) in [7, 11) is -3.15. The van der Waals surface area contributed by atoms with Gasteiger partial charge in [0.05, 0.1) is 57.7 Å². The van der Waals surface area contributed by atoms with Gasteiger partial charge in [-0.25, -0.2) is 19.7 Å². The average molecular weight is 672 g/mol. The van der Waals surface area contributed by atoms with Gasteiger partial charge < -0.3 is 16.4 Å². The van der Waals surface area contributed by atoms with E-state index in [1.165, 1.54) is 7.52 Å². The zero-order valence-corrected chi connectivity index (χ0v) is 22.1. The van der Waals surface area contributed by atoms with Gasteiger partial charge in [-0.1, -0.05) is 26.0 Å². The summed E-state index contributed by atoms with van der Waals surface area (Å²) in [4.78, 5) is 32.7. The van der Waals surface area contributed by atoms with Crippen molar-refractivity contribution in [1.82, 2.24) is 11.3 Å². The fourth-order valence-electron chi connectivity index (χ4n) is 2.63. The number of hydrogen-bond donors (Lipinski definition) is 3. The van der Waals surface area contributed by atoms with Gasteiger partial charge in [0.1, 0.15) is 11.9 Å². The maximum atomic E-state index is 12.4. The normalized spacial score (nSPS) is 12.3. The van der Waals surface area contributed by atoms with Crippen molar-refractivity contribution in [2.24, 2.45) is 11.7 Å². The molecule has 0 bridgehead atoms. The van der Waals surface area contributed by atoms with Crippen molar-refractivity contribution in [3.05, 3.63) is 41.7 Å². The second kappa shape index (κ2) is 10.7. The monoisotopic (exact) mass is 672 g/mol. The molecule has 0 spiro atoms. The Morgan fingerprint density at radius 2 is 1.81 bits per heavy atom. The molecule has 0 aliphatic carbocycles. The highest BCUT2D eigenvalue weighted by molar-refractivity contribution is 14.2. The van der Waals surface area contributed by atoms with Gasteiger partial charge in [0.15, 0.2) is 21.3 Å². The number of anilines is 3. The standard InChI is InChI=1S/C18H22I2N6O4S/c1-10(2)14(18(28)26(19)20)24-13-8-22-15(16(21)27)17(25-13)23-12-6-4-11(5-7-12)9-31(3,29)30/h4-8,10,14H,9H2,1-3H3,(H2,21,27)(H2,23,24,25)/t14-/m1/s1. The summed E-state index contributed by atoms with van der Waals surface area (Å²) >= 11 is 3.78. The Morgan fingerprint density at radius 1 is 1.19 bits per heavy atom. The van der Waals surface area contributed by atoms with Crippen LogP contribution < -0.4 is 16.4 Å². The number of nitrogens with zero attached hydrogens (tertiary/aromatic N) is 3. The number of aromatic nitrogens is 2. The number of benzene rings is 1. The fraction of sp³-hybridized carbons (Fsp3) is 0.333. The first-order chi connectivity index (χ1) is 14.4. The topological polar surface area (TPSA) is 147 Å². The molecule has 1 aromatic heterocycles. The first-order valence-electron chi connectivity index (χ1n) is 9.00. The van der Waals surface area contributed by atoms with Crippen molar-refractivity contribution in [3.8, 4) is 0 Å². The van der Waals surface area contributed by atoms with E-state index in [9.17, 15) is 18.0 Å². The molecule has 2 aromatic rings. The summed E-state index contributed by atoms with van der Waals surface area (Å²) in [5, 5.41) is 6.03. The highest BCUT2D eigenvalue weighted by atomic mass is 127. The number of carbonyl (C=O) groups is 2. The van der Waals surface area contributed by atoms with Crippen LogP contribution in [0.3, 0.4) is 0 Å². The molecule has 0 saturated carbocycles. The molecule has 13 heteroatoms. The molecule has 0 fully saturated rings. The number of halogens is 2. The summed E-state index contributed by atoms with van der Waals surface area (Å²) < 4.78 is 24.3. The van der Waals surface area contributed by atoms with E-state index in [2.05, 4.69) is 20.6 Å². The third-order valence-corrected chi connectivity index (χ3v) is 5.86. The molecule has 0 radical (unpaired) electrons. The van der Waals surface area contributed by atoms with Crippen molar-refractivity contribution < 1.29 is 18.0 Å². The van der Waals surface area contributed by atoms with E-state index in [0.29, 0.717) is 17.1 Å². The van der Waals surface area contributed by atoms with Gasteiger partial charge in [-0.2, -0.15) is 0 Å². The fourth-order valence-corrected chi connectivity index (χ4v) is 4.03. The van der Waals surface area contributed by atoms with Crippen LogP contribution in [0, 0.1) is 5.92 Å². The number of sulfone groups is 1. The van der Waals surface area contributed by atoms with Crippen LogP contribution >= 0.6 is 45.7 Å². The highest BCUT2D eigenvalue weighted by Gasteiger charge is 2.26. The van der Waals surface area contributed by atoms with E-state index >= 15 is 0 Å². The van der Waals surface area contributed by atoms with Crippen molar-refractivity contribution >= 4 is 84.7 Å². The molecule has 2 rings (SSSR count). The number of nitrogens with one attached hydrogen (secondary N) is 2. The largest absolute Gasteiger partial charge is 0.364 e. The van der Waals surface area contributed by atoms with Crippen LogP contribution in [-0.2, 0) is 20.4 Å². The highest BCUT2D eigenvalue weighted by Crippen LogP contribution is 2.22. The van der Waals surface area contributed by atoms with E-state index in [4.69, 9.17) is 5.73 Å². The Balaban J connectivity index is 2.31. The second-order valence-corrected chi connectivity index (χ2v) is 13.1. The molecule has 31 heavy (non-hydrogen) atoms. The van der Waals surface area contributed by atoms with Crippen LogP contribution in [0.2, 0.25) is 0 Å². The molecule has 1 heterocycles. The number of amides is 2. The molecule has 0 aliphatic rings. The van der Waals surface area contributed by atoms with Crippen LogP contribution in [0.5, 0.6) is 0 Å². The minimum absolute atomic E-state index is 0.0315. The maximum Gasteiger partial charge on any atom is 0.271 e. The molecule has 0 saturated heterocycles. The molecular formula is C18H22I2N6O4S. The zero-order chi connectivity index (χ0) is 23.3. The van der Waals surface area contributed by atoms with Crippen molar-refractivity contribution in [1.29, 1.82) is 0 Å². The second-order valence-electron chi connectivity index (χ2n) is 7.15. The summed E-state index contributed by atoms with van der Waals surface area (Å²) in [5.74, 6) is -0.609. The molecule has 2 amide bonds. The minimum atomic E-state index is -3.15. The van der Waals surface area contributed by atoms with Gasteiger partial charge in [-0.05, 0) is 23.6 Å².